The number of ether oxygens (including phenoxy) is 2. The van der Waals surface area contributed by atoms with E-state index in [1.54, 1.807) is 75.3 Å². The number of likely N-dealkylation sites (tertiary alicyclic amines) is 1. The highest BCUT2D eigenvalue weighted by Gasteiger charge is 2.42. The van der Waals surface area contributed by atoms with Crippen molar-refractivity contribution < 1.29 is 43.0 Å². The second-order valence-electron chi connectivity index (χ2n) is 19.4. The highest BCUT2D eigenvalue weighted by molar-refractivity contribution is 9.08. The van der Waals surface area contributed by atoms with Crippen LogP contribution in [0.3, 0.4) is 0 Å². The van der Waals surface area contributed by atoms with E-state index in [0.29, 0.717) is 48.3 Å². The number of benzene rings is 1. The Bertz CT molecular complexity index is 2070. The molecular formula is C50H79BrN10O9. The molecule has 3 rings (SSSR count). The van der Waals surface area contributed by atoms with Crippen molar-refractivity contribution in [1.29, 1.82) is 0 Å². The van der Waals surface area contributed by atoms with Crippen molar-refractivity contribution >= 4 is 63.0 Å². The number of likely N-dealkylation sites (N-methyl/N-ethyl adjacent to an activating group) is 2. The van der Waals surface area contributed by atoms with Crippen molar-refractivity contribution in [1.82, 2.24) is 45.9 Å². The predicted octanol–water partition coefficient (Wildman–Crippen LogP) is 3.19. The maximum atomic E-state index is 14.2. The summed E-state index contributed by atoms with van der Waals surface area (Å²) in [4.78, 5) is 107. The molecule has 1 fully saturated rings. The highest BCUT2D eigenvalue weighted by atomic mass is 79.9. The molecule has 5 N–H and O–H groups in total. The molecule has 7 amide bonds. The van der Waals surface area contributed by atoms with Gasteiger partial charge in [-0.1, -0.05) is 69.1 Å². The normalized spacial score (nSPS) is 16.9. The molecule has 0 radical (unpaired) electrons. The molecule has 20 heteroatoms. The van der Waals surface area contributed by atoms with Gasteiger partial charge in [-0.25, -0.2) is 9.97 Å². The molecule has 70 heavy (non-hydrogen) atoms. The van der Waals surface area contributed by atoms with E-state index >= 15 is 0 Å². The summed E-state index contributed by atoms with van der Waals surface area (Å²) in [6, 6.07) is 5.03. The van der Waals surface area contributed by atoms with E-state index in [4.69, 9.17) is 9.47 Å². The van der Waals surface area contributed by atoms with Crippen molar-refractivity contribution in [3.05, 3.63) is 53.6 Å². The van der Waals surface area contributed by atoms with E-state index in [1.807, 2.05) is 52.8 Å². The minimum atomic E-state index is -1.01. The average molecular weight is 1040 g/mol. The van der Waals surface area contributed by atoms with Crippen molar-refractivity contribution in [3.8, 4) is 0 Å². The van der Waals surface area contributed by atoms with Gasteiger partial charge in [0.2, 0.25) is 41.4 Å². The lowest BCUT2D eigenvalue weighted by Gasteiger charge is -2.39. The maximum absolute atomic E-state index is 14.2. The number of alkyl halides is 1. The van der Waals surface area contributed by atoms with Crippen molar-refractivity contribution in [2.24, 2.45) is 17.8 Å². The van der Waals surface area contributed by atoms with Crippen LogP contribution in [0.5, 0.6) is 0 Å². The molecule has 1 saturated heterocycles. The molecule has 0 bridgehead atoms. The quantitative estimate of drug-likeness (QED) is 0.0813. The summed E-state index contributed by atoms with van der Waals surface area (Å²) < 4.78 is 11.9. The zero-order valence-electron chi connectivity index (χ0n) is 43.5. The summed E-state index contributed by atoms with van der Waals surface area (Å²) in [5, 5.41) is 14.3. The molecule has 1 aliphatic rings. The summed E-state index contributed by atoms with van der Waals surface area (Å²) in [6.07, 6.45) is 4.51. The fourth-order valence-electron chi connectivity index (χ4n) is 8.99. The first-order valence-corrected chi connectivity index (χ1v) is 25.3. The number of hydrogen-bond acceptors (Lipinski definition) is 12. The summed E-state index contributed by atoms with van der Waals surface area (Å²) >= 11 is 3.30. The zero-order valence-corrected chi connectivity index (χ0v) is 45.1. The molecule has 8 atom stereocenters. The highest BCUT2D eigenvalue weighted by Crippen LogP contribution is 2.29. The summed E-state index contributed by atoms with van der Waals surface area (Å²) in [5.74, 6) is -2.31. The van der Waals surface area contributed by atoms with Gasteiger partial charge >= 0.3 is 0 Å². The largest absolute Gasteiger partial charge is 0.379 e. The molecule has 19 nitrogen and oxygen atoms in total. The van der Waals surface area contributed by atoms with Gasteiger partial charge in [0.15, 0.2) is 0 Å². The molecule has 1 aliphatic heterocycles. The Labute approximate surface area is 423 Å². The third kappa shape index (κ3) is 16.5. The minimum Gasteiger partial charge on any atom is -0.379 e. The van der Waals surface area contributed by atoms with Crippen LogP contribution in [0.15, 0.2) is 36.7 Å². The summed E-state index contributed by atoms with van der Waals surface area (Å²) in [6.45, 7) is 15.0. The van der Waals surface area contributed by atoms with E-state index in [2.05, 4.69) is 52.5 Å². The van der Waals surface area contributed by atoms with Crippen LogP contribution in [0, 0.1) is 17.8 Å². The average Bonchev–Trinajstić information content (AvgIpc) is 3.81. The van der Waals surface area contributed by atoms with Crippen LogP contribution < -0.4 is 26.6 Å². The van der Waals surface area contributed by atoms with Crippen LogP contribution in [0.1, 0.15) is 98.0 Å². The number of anilines is 1. The Morgan fingerprint density at radius 1 is 0.900 bits per heavy atom. The standard InChI is InChI=1S/C50H79BrN10O9/c1-14-31(4)44(60(11)42(64)29-56-48(67)43(30(2)3)59(9)10)38(69-12)24-41(63)61-22-16-19-37(61)45(70-13)32(5)46(65)52-21-20-34-17-15-18-36(23-34)58-40(62)28-55-47(66)33(6)57-49(68)50(7,8)35-26-53-39(25-51)54-27-35/h15,17-18,23,26-27,30-33,37-38,43-45H,14,16,19-22,24-25,28-29H2,1-13H3,(H,52,65)(H,55,66)(H,56,67)(H,57,68)(H,58,62). The number of aromatic nitrogens is 2. The first-order valence-electron chi connectivity index (χ1n) is 24.2. The number of nitrogens with zero attached hydrogens (tertiary/aromatic N) is 5. The van der Waals surface area contributed by atoms with E-state index < -0.39 is 59.4 Å². The van der Waals surface area contributed by atoms with Gasteiger partial charge in [-0.05, 0) is 83.7 Å². The molecule has 2 heterocycles. The molecule has 0 spiro atoms. The number of nitrogens with one attached hydrogen (secondary N) is 5. The van der Waals surface area contributed by atoms with Gasteiger partial charge in [-0.2, -0.15) is 0 Å². The Hall–Kier alpha value is -5.05. The van der Waals surface area contributed by atoms with Crippen LogP contribution in [0.4, 0.5) is 5.69 Å². The molecule has 8 unspecified atom stereocenters. The van der Waals surface area contributed by atoms with E-state index in [9.17, 15) is 33.6 Å². The molecule has 1 aromatic heterocycles. The molecule has 0 saturated carbocycles. The van der Waals surface area contributed by atoms with Gasteiger partial charge in [-0.15, -0.1) is 0 Å². The number of carbonyl (C=O) groups is 7. The third-order valence-corrected chi connectivity index (χ3v) is 13.9. The molecule has 0 aliphatic carbocycles. The Morgan fingerprint density at radius 2 is 1.56 bits per heavy atom. The fourth-order valence-corrected chi connectivity index (χ4v) is 9.28. The van der Waals surface area contributed by atoms with Crippen LogP contribution in [0.25, 0.3) is 0 Å². The Kier molecular flexibility index (Phi) is 23.8. The zero-order chi connectivity index (χ0) is 52.5. The summed E-state index contributed by atoms with van der Waals surface area (Å²) in [7, 11) is 8.43. The molecule has 2 aromatic rings. The van der Waals surface area contributed by atoms with Crippen LogP contribution in [-0.4, -0.2) is 164 Å². The number of rotatable bonds is 27. The molecule has 390 valence electrons. The number of carbonyl (C=O) groups excluding carboxylic acids is 7. The number of methoxy groups -OCH3 is 2. The van der Waals surface area contributed by atoms with Crippen LogP contribution in [-0.2, 0) is 60.2 Å². The van der Waals surface area contributed by atoms with Gasteiger partial charge in [0.05, 0.1) is 66.5 Å². The van der Waals surface area contributed by atoms with E-state index in [-0.39, 0.29) is 61.0 Å². The van der Waals surface area contributed by atoms with Crippen LogP contribution >= 0.6 is 15.9 Å². The van der Waals surface area contributed by atoms with Gasteiger partial charge in [0.25, 0.3) is 0 Å². The lowest BCUT2D eigenvalue weighted by molar-refractivity contribution is -0.145. The Balaban J connectivity index is 1.54. The van der Waals surface area contributed by atoms with Crippen LogP contribution in [0.2, 0.25) is 0 Å². The SMILES string of the molecule is CCC(C)C(C(CC(=O)N1CCCC1C(OC)C(C)C(=O)NCCc1cccc(NC(=O)CNC(=O)C(C)NC(=O)C(C)(C)c2cnc(CBr)nc2)c1)OC)N(C)C(=O)CNC(=O)C(C(C)C)N(C)C. The minimum absolute atomic E-state index is 0.00983. The smallest absolute Gasteiger partial charge is 0.243 e. The molecule has 1 aromatic carbocycles. The van der Waals surface area contributed by atoms with Gasteiger partial charge in [0.1, 0.15) is 11.9 Å². The molecular weight excluding hydrogens is 965 g/mol. The van der Waals surface area contributed by atoms with Gasteiger partial charge in [-0.3, -0.25) is 38.5 Å². The van der Waals surface area contributed by atoms with E-state index in [0.717, 1.165) is 18.4 Å². The summed E-state index contributed by atoms with van der Waals surface area (Å²) in [5.41, 5.74) is 0.928. The van der Waals surface area contributed by atoms with Gasteiger partial charge < -0.3 is 45.9 Å². The first-order chi connectivity index (χ1) is 33.0. The van der Waals surface area contributed by atoms with Crippen molar-refractivity contribution in [2.45, 2.75) is 135 Å². The first kappa shape index (κ1) is 59.3. The fraction of sp³-hybridized carbons (Fsp3) is 0.660. The lowest BCUT2D eigenvalue weighted by atomic mass is 9.85. The second-order valence-corrected chi connectivity index (χ2v) is 19.9. The Morgan fingerprint density at radius 3 is 2.14 bits per heavy atom. The topological polar surface area (TPSA) is 234 Å². The number of hydrogen-bond donors (Lipinski definition) is 5. The van der Waals surface area contributed by atoms with Crippen molar-refractivity contribution in [3.63, 3.8) is 0 Å². The number of amides is 7. The second kappa shape index (κ2) is 28.1. The van der Waals surface area contributed by atoms with Gasteiger partial charge in [0, 0.05) is 58.0 Å². The maximum Gasteiger partial charge on any atom is 0.243 e. The lowest BCUT2D eigenvalue weighted by Crippen LogP contribution is -2.55. The monoisotopic (exact) mass is 1040 g/mol. The predicted molar refractivity (Wildman–Crippen MR) is 272 cm³/mol. The number of halogens is 1. The van der Waals surface area contributed by atoms with E-state index in [1.165, 1.54) is 14.0 Å². The third-order valence-electron chi connectivity index (χ3n) is 13.4. The van der Waals surface area contributed by atoms with Crippen molar-refractivity contribution in [2.75, 3.05) is 66.9 Å².